The van der Waals surface area contributed by atoms with Gasteiger partial charge in [-0.1, -0.05) is 23.2 Å². The molecule has 2 aromatic rings. The first kappa shape index (κ1) is 14.4. The second kappa shape index (κ2) is 6.41. The van der Waals surface area contributed by atoms with Gasteiger partial charge in [0.05, 0.1) is 10.7 Å². The average molecular weight is 363 g/mol. The van der Waals surface area contributed by atoms with E-state index in [9.17, 15) is 0 Å². The summed E-state index contributed by atoms with van der Waals surface area (Å²) in [5, 5.41) is 4.01. The van der Waals surface area contributed by atoms with Crippen molar-refractivity contribution in [2.75, 3.05) is 11.9 Å². The molecule has 0 fully saturated rings. The molecular weight excluding hydrogens is 353 g/mol. The van der Waals surface area contributed by atoms with Crippen molar-refractivity contribution in [3.63, 3.8) is 0 Å². The van der Waals surface area contributed by atoms with Gasteiger partial charge < -0.3 is 10.1 Å². The molecule has 0 saturated carbocycles. The third kappa shape index (κ3) is 3.96. The van der Waals surface area contributed by atoms with E-state index in [4.69, 9.17) is 27.9 Å². The van der Waals surface area contributed by atoms with Crippen LogP contribution in [0.5, 0.6) is 11.6 Å². The molecule has 0 saturated heterocycles. The molecule has 2 rings (SSSR count). The fourth-order valence-electron chi connectivity index (χ4n) is 1.37. The molecule has 0 aliphatic rings. The Kier molecular flexibility index (Phi) is 4.85. The van der Waals surface area contributed by atoms with E-state index < -0.39 is 0 Å². The highest BCUT2D eigenvalue weighted by atomic mass is 79.9. The predicted molar refractivity (Wildman–Crippen MR) is 80.4 cm³/mol. The summed E-state index contributed by atoms with van der Waals surface area (Å²) in [5.74, 6) is 1.40. The first-order valence-corrected chi connectivity index (χ1v) is 7.03. The van der Waals surface area contributed by atoms with Gasteiger partial charge in [-0.05, 0) is 41.1 Å². The Morgan fingerprint density at radius 1 is 1.26 bits per heavy atom. The molecule has 0 spiro atoms. The molecule has 0 aliphatic heterocycles. The molecule has 1 heterocycles. The number of ether oxygens (including phenoxy) is 1. The molecule has 0 bridgehead atoms. The summed E-state index contributed by atoms with van der Waals surface area (Å²) in [7, 11) is 0. The summed E-state index contributed by atoms with van der Waals surface area (Å²) in [5.41, 5.74) is 0. The quantitative estimate of drug-likeness (QED) is 0.850. The second-order valence-electron chi connectivity index (χ2n) is 3.58. The lowest BCUT2D eigenvalue weighted by molar-refractivity contribution is 0.459. The van der Waals surface area contributed by atoms with Crippen LogP contribution in [0.15, 0.2) is 28.9 Å². The van der Waals surface area contributed by atoms with E-state index in [1.165, 1.54) is 0 Å². The maximum Gasteiger partial charge on any atom is 0.238 e. The fraction of sp³-hybridized carbons (Fsp3) is 0.167. The Bertz CT molecular complexity index is 575. The van der Waals surface area contributed by atoms with Crippen molar-refractivity contribution < 1.29 is 4.74 Å². The Morgan fingerprint density at radius 2 is 1.95 bits per heavy atom. The maximum atomic E-state index is 5.92. The maximum absolute atomic E-state index is 5.92. The minimum Gasteiger partial charge on any atom is -0.438 e. The number of nitrogens with one attached hydrogen (secondary N) is 1. The number of hydrogen-bond acceptors (Lipinski definition) is 4. The van der Waals surface area contributed by atoms with Gasteiger partial charge in [0, 0.05) is 16.6 Å². The number of rotatable bonds is 4. The van der Waals surface area contributed by atoms with Crippen LogP contribution in [0.3, 0.4) is 0 Å². The van der Waals surface area contributed by atoms with Crippen LogP contribution in [-0.2, 0) is 0 Å². The van der Waals surface area contributed by atoms with E-state index in [2.05, 4.69) is 31.2 Å². The SMILES string of the molecule is CCNc1ncc(Br)c(Oc2cc(Cl)cc(Cl)c2)n1. The second-order valence-corrected chi connectivity index (χ2v) is 5.31. The molecule has 1 aromatic heterocycles. The summed E-state index contributed by atoms with van der Waals surface area (Å²) in [6.45, 7) is 2.69. The number of aromatic nitrogens is 2. The molecule has 1 aromatic carbocycles. The third-order valence-corrected chi connectivity index (χ3v) is 3.08. The monoisotopic (exact) mass is 361 g/mol. The number of nitrogens with zero attached hydrogens (tertiary/aromatic N) is 2. The lowest BCUT2D eigenvalue weighted by atomic mass is 10.3. The van der Waals surface area contributed by atoms with Gasteiger partial charge in [0.2, 0.25) is 11.8 Å². The van der Waals surface area contributed by atoms with Crippen molar-refractivity contribution >= 4 is 45.1 Å². The Morgan fingerprint density at radius 3 is 2.58 bits per heavy atom. The standard InChI is InChI=1S/C12H10BrCl2N3O/c1-2-16-12-17-6-10(13)11(18-12)19-9-4-7(14)3-8(15)5-9/h3-6H,2H2,1H3,(H,16,17,18). The largest absolute Gasteiger partial charge is 0.438 e. The zero-order valence-corrected chi connectivity index (χ0v) is 13.1. The molecule has 4 nitrogen and oxygen atoms in total. The molecule has 1 N–H and O–H groups in total. The molecule has 0 amide bonds. The van der Waals surface area contributed by atoms with Gasteiger partial charge in [0.15, 0.2) is 0 Å². The Balaban J connectivity index is 2.28. The minimum absolute atomic E-state index is 0.393. The molecular formula is C12H10BrCl2N3O. The van der Waals surface area contributed by atoms with Crippen molar-refractivity contribution in [2.24, 2.45) is 0 Å². The molecule has 0 radical (unpaired) electrons. The van der Waals surface area contributed by atoms with E-state index in [-0.39, 0.29) is 0 Å². The van der Waals surface area contributed by atoms with Gasteiger partial charge in [0.25, 0.3) is 0 Å². The van der Waals surface area contributed by atoms with Gasteiger partial charge in [-0.25, -0.2) is 4.98 Å². The highest BCUT2D eigenvalue weighted by Gasteiger charge is 2.08. The summed E-state index contributed by atoms with van der Waals surface area (Å²) >= 11 is 15.2. The van der Waals surface area contributed by atoms with Crippen LogP contribution < -0.4 is 10.1 Å². The van der Waals surface area contributed by atoms with E-state index in [1.807, 2.05) is 6.92 Å². The summed E-state index contributed by atoms with van der Waals surface area (Å²) in [6.07, 6.45) is 1.62. The summed E-state index contributed by atoms with van der Waals surface area (Å²) in [4.78, 5) is 8.34. The van der Waals surface area contributed by atoms with Gasteiger partial charge in [0.1, 0.15) is 5.75 Å². The van der Waals surface area contributed by atoms with Crippen LogP contribution in [-0.4, -0.2) is 16.5 Å². The lowest BCUT2D eigenvalue weighted by Gasteiger charge is -2.09. The number of halogens is 3. The number of hydrogen-bond donors (Lipinski definition) is 1. The molecule has 19 heavy (non-hydrogen) atoms. The van der Waals surface area contributed by atoms with E-state index in [0.29, 0.717) is 32.1 Å². The van der Waals surface area contributed by atoms with Crippen LogP contribution in [0.1, 0.15) is 6.92 Å². The van der Waals surface area contributed by atoms with Crippen LogP contribution in [0, 0.1) is 0 Å². The van der Waals surface area contributed by atoms with Crippen LogP contribution in [0.25, 0.3) is 0 Å². The zero-order valence-electron chi connectivity index (χ0n) is 9.95. The average Bonchev–Trinajstić information content (AvgIpc) is 2.32. The van der Waals surface area contributed by atoms with Gasteiger partial charge >= 0.3 is 0 Å². The Hall–Kier alpha value is -1.04. The number of benzene rings is 1. The summed E-state index contributed by atoms with van der Waals surface area (Å²) in [6, 6.07) is 4.96. The highest BCUT2D eigenvalue weighted by molar-refractivity contribution is 9.10. The van der Waals surface area contributed by atoms with Gasteiger partial charge in [-0.2, -0.15) is 4.98 Å². The first-order chi connectivity index (χ1) is 9.08. The van der Waals surface area contributed by atoms with E-state index >= 15 is 0 Å². The smallest absolute Gasteiger partial charge is 0.238 e. The number of anilines is 1. The van der Waals surface area contributed by atoms with Crippen molar-refractivity contribution in [3.05, 3.63) is 38.9 Å². The fourth-order valence-corrected chi connectivity index (χ4v) is 2.14. The van der Waals surface area contributed by atoms with Crippen LogP contribution >= 0.6 is 39.1 Å². The molecule has 0 unspecified atom stereocenters. The minimum atomic E-state index is 0.393. The molecule has 0 aliphatic carbocycles. The topological polar surface area (TPSA) is 47.0 Å². The first-order valence-electron chi connectivity index (χ1n) is 5.49. The van der Waals surface area contributed by atoms with Crippen molar-refractivity contribution in [3.8, 4) is 11.6 Å². The predicted octanol–water partition coefficient (Wildman–Crippen LogP) is 4.77. The van der Waals surface area contributed by atoms with Crippen molar-refractivity contribution in [1.82, 2.24) is 9.97 Å². The van der Waals surface area contributed by atoms with Crippen molar-refractivity contribution in [1.29, 1.82) is 0 Å². The normalized spacial score (nSPS) is 10.3. The van der Waals surface area contributed by atoms with E-state index in [0.717, 1.165) is 6.54 Å². The van der Waals surface area contributed by atoms with Gasteiger partial charge in [-0.3, -0.25) is 0 Å². The van der Waals surface area contributed by atoms with Crippen molar-refractivity contribution in [2.45, 2.75) is 6.92 Å². The summed E-state index contributed by atoms with van der Waals surface area (Å²) < 4.78 is 6.29. The lowest BCUT2D eigenvalue weighted by Crippen LogP contribution is -2.03. The Labute approximate surface area is 129 Å². The van der Waals surface area contributed by atoms with Gasteiger partial charge in [-0.15, -0.1) is 0 Å². The highest BCUT2D eigenvalue weighted by Crippen LogP contribution is 2.31. The zero-order chi connectivity index (χ0) is 13.8. The van der Waals surface area contributed by atoms with Crippen LogP contribution in [0.2, 0.25) is 10.0 Å². The molecule has 100 valence electrons. The van der Waals surface area contributed by atoms with E-state index in [1.54, 1.807) is 24.4 Å². The van der Waals surface area contributed by atoms with Crippen LogP contribution in [0.4, 0.5) is 5.95 Å². The molecule has 0 atom stereocenters. The molecule has 7 heteroatoms. The third-order valence-electron chi connectivity index (χ3n) is 2.10.